The van der Waals surface area contributed by atoms with Gasteiger partial charge in [0.1, 0.15) is 0 Å². The van der Waals surface area contributed by atoms with Crippen molar-refractivity contribution < 1.29 is 9.13 Å². The highest BCUT2D eigenvalue weighted by Gasteiger charge is 1.97. The van der Waals surface area contributed by atoms with Crippen LogP contribution in [-0.2, 0) is 0 Å². The molecule has 0 aromatic carbocycles. The molecule has 0 unspecified atom stereocenters. The minimum atomic E-state index is -0.940. The fraction of sp³-hybridized carbons (Fsp3) is 0.200. The minimum Gasteiger partial charge on any atom is -0.481 e. The minimum absolute atomic E-state index is 0.0266. The highest BCUT2D eigenvalue weighted by molar-refractivity contribution is 5.04. The quantitative estimate of drug-likeness (QED) is 0.561. The molecule has 0 fully saturated rings. The molecule has 4 nitrogen and oxygen atoms in total. The van der Waals surface area contributed by atoms with Crippen molar-refractivity contribution >= 4 is 0 Å². The first-order valence-corrected chi connectivity index (χ1v) is 2.53. The molecule has 1 rings (SSSR count). The molecule has 1 aromatic heterocycles. The van der Waals surface area contributed by atoms with E-state index in [4.69, 9.17) is 0 Å². The highest BCUT2D eigenvalue weighted by atomic mass is 19.1. The Kier molecular flexibility index (Phi) is 1.66. The molecular weight excluding hydrogens is 139 g/mol. The van der Waals surface area contributed by atoms with Crippen LogP contribution in [0.1, 0.15) is 0 Å². The number of nitrogens with one attached hydrogen (secondary N) is 1. The second-order valence-corrected chi connectivity index (χ2v) is 1.58. The summed E-state index contributed by atoms with van der Waals surface area (Å²) in [5.41, 5.74) is -0.565. The number of hydrogen-bond donors (Lipinski definition) is 1. The van der Waals surface area contributed by atoms with Crippen LogP contribution >= 0.6 is 0 Å². The average molecular weight is 144 g/mol. The van der Waals surface area contributed by atoms with Crippen molar-refractivity contribution in [2.45, 2.75) is 0 Å². The Hall–Kier alpha value is -1.39. The zero-order valence-electron chi connectivity index (χ0n) is 5.22. The van der Waals surface area contributed by atoms with E-state index in [1.807, 2.05) is 4.98 Å². The van der Waals surface area contributed by atoms with Gasteiger partial charge in [0, 0.05) is 0 Å². The van der Waals surface area contributed by atoms with E-state index in [9.17, 15) is 9.18 Å². The molecule has 1 aromatic rings. The lowest BCUT2D eigenvalue weighted by Gasteiger charge is -1.94. The molecule has 0 aliphatic carbocycles. The predicted molar refractivity (Wildman–Crippen MR) is 31.4 cm³/mol. The summed E-state index contributed by atoms with van der Waals surface area (Å²) in [6, 6.07) is 1.06. The molecule has 54 valence electrons. The van der Waals surface area contributed by atoms with Gasteiger partial charge in [-0.05, 0) is 0 Å². The first-order chi connectivity index (χ1) is 4.72. The molecule has 0 radical (unpaired) electrons. The molecule has 0 bridgehead atoms. The van der Waals surface area contributed by atoms with E-state index in [-0.39, 0.29) is 5.88 Å². The number of ether oxygens (including phenoxy) is 1. The summed E-state index contributed by atoms with van der Waals surface area (Å²) in [5.74, 6) is -0.0266. The Morgan fingerprint density at radius 3 is 3.00 bits per heavy atom. The second-order valence-electron chi connectivity index (χ2n) is 1.58. The van der Waals surface area contributed by atoms with Crippen LogP contribution in [0.5, 0.6) is 5.88 Å². The van der Waals surface area contributed by atoms with Crippen molar-refractivity contribution in [1.29, 1.82) is 0 Å². The van der Waals surface area contributed by atoms with Gasteiger partial charge < -0.3 is 4.74 Å². The molecule has 0 saturated carbocycles. The molecule has 0 saturated heterocycles. The maximum atomic E-state index is 12.2. The van der Waals surface area contributed by atoms with Crippen molar-refractivity contribution in [2.75, 3.05) is 7.11 Å². The fourth-order valence-electron chi connectivity index (χ4n) is 0.511. The van der Waals surface area contributed by atoms with Crippen molar-refractivity contribution in [1.82, 2.24) is 9.97 Å². The number of aromatic amines is 1. The average Bonchev–Trinajstić information content (AvgIpc) is 1.85. The van der Waals surface area contributed by atoms with Gasteiger partial charge in [0.05, 0.1) is 13.2 Å². The normalized spacial score (nSPS) is 9.40. The van der Waals surface area contributed by atoms with Crippen LogP contribution in [-0.4, -0.2) is 17.1 Å². The third-order valence-corrected chi connectivity index (χ3v) is 0.898. The van der Waals surface area contributed by atoms with Crippen molar-refractivity contribution in [3.63, 3.8) is 0 Å². The van der Waals surface area contributed by atoms with Crippen molar-refractivity contribution in [2.24, 2.45) is 0 Å². The third kappa shape index (κ3) is 1.31. The maximum absolute atomic E-state index is 12.2. The lowest BCUT2D eigenvalue weighted by molar-refractivity contribution is 0.380. The van der Waals surface area contributed by atoms with Gasteiger partial charge in [-0.25, -0.2) is 0 Å². The summed E-state index contributed by atoms with van der Waals surface area (Å²) < 4.78 is 16.7. The Labute approximate surface area is 55.7 Å². The van der Waals surface area contributed by atoms with Gasteiger partial charge in [-0.2, -0.15) is 9.37 Å². The van der Waals surface area contributed by atoms with Gasteiger partial charge in [0.25, 0.3) is 11.6 Å². The van der Waals surface area contributed by atoms with E-state index in [2.05, 4.69) is 9.72 Å². The summed E-state index contributed by atoms with van der Waals surface area (Å²) in [6.45, 7) is 0. The van der Waals surface area contributed by atoms with E-state index in [1.54, 1.807) is 0 Å². The lowest BCUT2D eigenvalue weighted by Crippen LogP contribution is -2.09. The second kappa shape index (κ2) is 2.47. The summed E-state index contributed by atoms with van der Waals surface area (Å²) >= 11 is 0. The van der Waals surface area contributed by atoms with E-state index >= 15 is 0 Å². The molecule has 0 amide bonds. The van der Waals surface area contributed by atoms with Crippen LogP contribution in [0.4, 0.5) is 4.39 Å². The van der Waals surface area contributed by atoms with Gasteiger partial charge in [0.15, 0.2) is 0 Å². The topological polar surface area (TPSA) is 55.0 Å². The SMILES string of the molecule is COc1cc(=O)[nH]c(F)n1. The van der Waals surface area contributed by atoms with Gasteiger partial charge in [0.2, 0.25) is 5.88 Å². The van der Waals surface area contributed by atoms with E-state index < -0.39 is 11.6 Å². The molecule has 5 heteroatoms. The molecule has 10 heavy (non-hydrogen) atoms. The van der Waals surface area contributed by atoms with Crippen LogP contribution in [0.3, 0.4) is 0 Å². The van der Waals surface area contributed by atoms with E-state index in [1.165, 1.54) is 7.11 Å². The fourth-order valence-corrected chi connectivity index (χ4v) is 0.511. The molecule has 1 heterocycles. The summed E-state index contributed by atoms with van der Waals surface area (Å²) in [6.07, 6.45) is -0.940. The number of methoxy groups -OCH3 is 1. The Morgan fingerprint density at radius 1 is 1.80 bits per heavy atom. The zero-order valence-corrected chi connectivity index (χ0v) is 5.22. The van der Waals surface area contributed by atoms with Crippen LogP contribution < -0.4 is 10.3 Å². The monoisotopic (exact) mass is 144 g/mol. The lowest BCUT2D eigenvalue weighted by atomic mass is 10.6. The largest absolute Gasteiger partial charge is 0.481 e. The van der Waals surface area contributed by atoms with Crippen LogP contribution in [0, 0.1) is 6.08 Å². The van der Waals surface area contributed by atoms with E-state index in [0.29, 0.717) is 0 Å². The summed E-state index contributed by atoms with van der Waals surface area (Å²) in [5, 5.41) is 0. The molecular formula is C5H5FN2O2. The molecule has 0 atom stereocenters. The number of H-pyrrole nitrogens is 1. The zero-order chi connectivity index (χ0) is 7.56. The first kappa shape index (κ1) is 6.73. The number of rotatable bonds is 1. The van der Waals surface area contributed by atoms with Gasteiger partial charge >= 0.3 is 0 Å². The van der Waals surface area contributed by atoms with E-state index in [0.717, 1.165) is 6.07 Å². The summed E-state index contributed by atoms with van der Waals surface area (Å²) in [7, 11) is 1.31. The van der Waals surface area contributed by atoms with Gasteiger partial charge in [-0.3, -0.25) is 9.78 Å². The summed E-state index contributed by atoms with van der Waals surface area (Å²) in [4.78, 5) is 15.5. The Balaban J connectivity index is 3.19. The molecule has 0 aliphatic heterocycles. The van der Waals surface area contributed by atoms with Crippen molar-refractivity contribution in [3.05, 3.63) is 22.5 Å². The standard InChI is InChI=1S/C5H5FN2O2/c1-10-4-2-3(9)7-5(6)8-4/h2H,1H3,(H,7,8,9). The molecule has 0 spiro atoms. The molecule has 0 aliphatic rings. The third-order valence-electron chi connectivity index (χ3n) is 0.898. The molecule has 1 N–H and O–H groups in total. The number of aromatic nitrogens is 2. The Bertz CT molecular complexity index is 283. The highest BCUT2D eigenvalue weighted by Crippen LogP contribution is 1.97. The van der Waals surface area contributed by atoms with Crippen LogP contribution in [0.15, 0.2) is 10.9 Å². The van der Waals surface area contributed by atoms with Crippen LogP contribution in [0.25, 0.3) is 0 Å². The number of nitrogens with zero attached hydrogens (tertiary/aromatic N) is 1. The van der Waals surface area contributed by atoms with Gasteiger partial charge in [-0.15, -0.1) is 0 Å². The smallest absolute Gasteiger partial charge is 0.292 e. The first-order valence-electron chi connectivity index (χ1n) is 2.53. The number of halogens is 1. The number of hydrogen-bond acceptors (Lipinski definition) is 3. The predicted octanol–water partition coefficient (Wildman–Crippen LogP) is -0.0824. The maximum Gasteiger partial charge on any atom is 0.292 e. The Morgan fingerprint density at radius 2 is 2.50 bits per heavy atom. The van der Waals surface area contributed by atoms with Crippen LogP contribution in [0.2, 0.25) is 0 Å². The van der Waals surface area contributed by atoms with Crippen molar-refractivity contribution in [3.8, 4) is 5.88 Å². The van der Waals surface area contributed by atoms with Gasteiger partial charge in [-0.1, -0.05) is 0 Å².